The lowest BCUT2D eigenvalue weighted by molar-refractivity contribution is 0.433. The Morgan fingerprint density at radius 2 is 2.14 bits per heavy atom. The molecule has 4 nitrogen and oxygen atoms in total. The van der Waals surface area contributed by atoms with Crippen LogP contribution in [0.5, 0.6) is 0 Å². The third-order valence-electron chi connectivity index (χ3n) is 3.78. The molecule has 21 heavy (non-hydrogen) atoms. The highest BCUT2D eigenvalue weighted by Gasteiger charge is 2.31. The van der Waals surface area contributed by atoms with Gasteiger partial charge in [0.05, 0.1) is 12.1 Å². The fraction of sp³-hybridized carbons (Fsp3) is 0.200. The molecule has 0 bridgehead atoms. The Morgan fingerprint density at radius 3 is 2.95 bits per heavy atom. The molecule has 1 aromatic carbocycles. The van der Waals surface area contributed by atoms with Crippen molar-refractivity contribution >= 4 is 28.9 Å². The zero-order chi connectivity index (χ0) is 14.2. The SMILES string of the molecule is Clc1ccccc1C1CC(c2cccs2)Nc2ncnn21. The zero-order valence-corrected chi connectivity index (χ0v) is 12.7. The van der Waals surface area contributed by atoms with E-state index in [2.05, 4.69) is 39.0 Å². The van der Waals surface area contributed by atoms with Gasteiger partial charge in [-0.1, -0.05) is 35.9 Å². The fourth-order valence-corrected chi connectivity index (χ4v) is 3.85. The van der Waals surface area contributed by atoms with Gasteiger partial charge in [0.25, 0.3) is 0 Å². The minimum atomic E-state index is 0.101. The zero-order valence-electron chi connectivity index (χ0n) is 11.1. The first-order valence-corrected chi connectivity index (χ1v) is 8.02. The van der Waals surface area contributed by atoms with Gasteiger partial charge in [-0.2, -0.15) is 10.1 Å². The van der Waals surface area contributed by atoms with Crippen LogP contribution in [-0.2, 0) is 0 Å². The molecule has 106 valence electrons. The number of halogens is 1. The number of aromatic nitrogens is 3. The molecule has 3 heterocycles. The van der Waals surface area contributed by atoms with Crippen LogP contribution in [-0.4, -0.2) is 14.8 Å². The van der Waals surface area contributed by atoms with Gasteiger partial charge in [-0.3, -0.25) is 0 Å². The van der Waals surface area contributed by atoms with Crippen LogP contribution in [0.4, 0.5) is 5.95 Å². The largest absolute Gasteiger partial charge is 0.347 e. The summed E-state index contributed by atoms with van der Waals surface area (Å²) < 4.78 is 1.92. The van der Waals surface area contributed by atoms with Gasteiger partial charge in [-0.15, -0.1) is 11.3 Å². The van der Waals surface area contributed by atoms with Crippen LogP contribution in [0.2, 0.25) is 5.02 Å². The summed E-state index contributed by atoms with van der Waals surface area (Å²) in [5.41, 5.74) is 1.09. The van der Waals surface area contributed by atoms with Crippen LogP contribution < -0.4 is 5.32 Å². The number of hydrogen-bond acceptors (Lipinski definition) is 4. The molecule has 1 aliphatic heterocycles. The molecule has 1 aliphatic rings. The highest BCUT2D eigenvalue weighted by atomic mass is 35.5. The van der Waals surface area contributed by atoms with Crippen LogP contribution >= 0.6 is 22.9 Å². The molecule has 0 radical (unpaired) electrons. The molecule has 0 saturated heterocycles. The van der Waals surface area contributed by atoms with Crippen molar-refractivity contribution in [3.8, 4) is 0 Å². The van der Waals surface area contributed by atoms with Crippen LogP contribution in [0.25, 0.3) is 0 Å². The summed E-state index contributed by atoms with van der Waals surface area (Å²) in [5, 5.41) is 10.7. The Bertz CT molecular complexity index is 753. The van der Waals surface area contributed by atoms with Crippen molar-refractivity contribution in [1.29, 1.82) is 0 Å². The van der Waals surface area contributed by atoms with Crippen molar-refractivity contribution in [2.75, 3.05) is 5.32 Å². The van der Waals surface area contributed by atoms with Crippen molar-refractivity contribution < 1.29 is 0 Å². The lowest BCUT2D eigenvalue weighted by Crippen LogP contribution is -2.27. The molecule has 0 fully saturated rings. The molecule has 3 aromatic rings. The predicted molar refractivity (Wildman–Crippen MR) is 84.9 cm³/mol. The lowest BCUT2D eigenvalue weighted by Gasteiger charge is -2.31. The molecule has 0 saturated carbocycles. The topological polar surface area (TPSA) is 42.7 Å². The van der Waals surface area contributed by atoms with Gasteiger partial charge in [-0.25, -0.2) is 4.68 Å². The number of benzene rings is 1. The summed E-state index contributed by atoms with van der Waals surface area (Å²) in [5.74, 6) is 0.796. The maximum Gasteiger partial charge on any atom is 0.222 e. The van der Waals surface area contributed by atoms with Crippen LogP contribution in [0.1, 0.15) is 28.9 Å². The van der Waals surface area contributed by atoms with E-state index in [1.165, 1.54) is 4.88 Å². The van der Waals surface area contributed by atoms with Crippen molar-refractivity contribution in [3.05, 3.63) is 63.6 Å². The van der Waals surface area contributed by atoms with E-state index in [0.717, 1.165) is 23.0 Å². The minimum Gasteiger partial charge on any atom is -0.347 e. The first-order chi connectivity index (χ1) is 10.3. The summed E-state index contributed by atoms with van der Waals surface area (Å²) in [6, 6.07) is 12.5. The van der Waals surface area contributed by atoms with E-state index in [9.17, 15) is 0 Å². The monoisotopic (exact) mass is 316 g/mol. The second-order valence-electron chi connectivity index (χ2n) is 5.01. The highest BCUT2D eigenvalue weighted by molar-refractivity contribution is 7.10. The summed E-state index contributed by atoms with van der Waals surface area (Å²) in [6.45, 7) is 0. The highest BCUT2D eigenvalue weighted by Crippen LogP contribution is 2.40. The molecule has 2 unspecified atom stereocenters. The number of nitrogens with zero attached hydrogens (tertiary/aromatic N) is 3. The molecule has 4 rings (SSSR count). The number of nitrogens with one attached hydrogen (secondary N) is 1. The van der Waals surface area contributed by atoms with E-state index >= 15 is 0 Å². The minimum absolute atomic E-state index is 0.101. The van der Waals surface area contributed by atoms with Crippen molar-refractivity contribution in [2.45, 2.75) is 18.5 Å². The molecular formula is C15H13ClN4S. The summed E-state index contributed by atoms with van der Waals surface area (Å²) in [4.78, 5) is 5.63. The van der Waals surface area contributed by atoms with Crippen LogP contribution in [0.3, 0.4) is 0 Å². The maximum absolute atomic E-state index is 6.38. The molecule has 2 aromatic heterocycles. The molecule has 6 heteroatoms. The molecule has 0 aliphatic carbocycles. The smallest absolute Gasteiger partial charge is 0.222 e. The van der Waals surface area contributed by atoms with Gasteiger partial charge < -0.3 is 5.32 Å². The standard InChI is InChI=1S/C15H13ClN4S/c16-11-5-2-1-4-10(11)13-8-12(14-6-3-7-21-14)19-15-17-9-18-20(13)15/h1-7,9,12-13H,8H2,(H,17,18,19). The third-order valence-corrected chi connectivity index (χ3v) is 5.11. The van der Waals surface area contributed by atoms with Gasteiger partial charge in [0.15, 0.2) is 0 Å². The number of rotatable bonds is 2. The maximum atomic E-state index is 6.38. The van der Waals surface area contributed by atoms with E-state index in [1.807, 2.05) is 22.9 Å². The van der Waals surface area contributed by atoms with Crippen molar-refractivity contribution in [1.82, 2.24) is 14.8 Å². The van der Waals surface area contributed by atoms with E-state index in [0.29, 0.717) is 0 Å². The molecule has 2 atom stereocenters. The second kappa shape index (κ2) is 5.16. The van der Waals surface area contributed by atoms with E-state index < -0.39 is 0 Å². The lowest BCUT2D eigenvalue weighted by atomic mass is 9.97. The van der Waals surface area contributed by atoms with Gasteiger partial charge >= 0.3 is 0 Å². The number of hydrogen-bond donors (Lipinski definition) is 1. The van der Waals surface area contributed by atoms with Gasteiger partial charge in [0.2, 0.25) is 5.95 Å². The number of anilines is 1. The van der Waals surface area contributed by atoms with Crippen molar-refractivity contribution in [3.63, 3.8) is 0 Å². The summed E-state index contributed by atoms with van der Waals surface area (Å²) in [6.07, 6.45) is 2.49. The normalized spacial score (nSPS) is 20.8. The molecule has 1 N–H and O–H groups in total. The molecular weight excluding hydrogens is 304 g/mol. The fourth-order valence-electron chi connectivity index (χ4n) is 2.80. The van der Waals surface area contributed by atoms with Gasteiger partial charge in [0, 0.05) is 9.90 Å². The average molecular weight is 317 g/mol. The summed E-state index contributed by atoms with van der Waals surface area (Å²) in [7, 11) is 0. The van der Waals surface area contributed by atoms with Gasteiger partial charge in [-0.05, 0) is 29.5 Å². The summed E-state index contributed by atoms with van der Waals surface area (Å²) >= 11 is 8.14. The van der Waals surface area contributed by atoms with Crippen LogP contribution in [0, 0.1) is 0 Å². The Hall–Kier alpha value is -1.85. The van der Waals surface area contributed by atoms with E-state index in [1.54, 1.807) is 17.7 Å². The predicted octanol–water partition coefficient (Wildman–Crippen LogP) is 4.14. The van der Waals surface area contributed by atoms with E-state index in [4.69, 9.17) is 11.6 Å². The van der Waals surface area contributed by atoms with Crippen LogP contribution in [0.15, 0.2) is 48.1 Å². The number of thiophene rings is 1. The Kier molecular flexibility index (Phi) is 3.16. The average Bonchev–Trinajstić information content (AvgIpc) is 3.18. The third kappa shape index (κ3) is 2.22. The quantitative estimate of drug-likeness (QED) is 0.772. The van der Waals surface area contributed by atoms with Crippen molar-refractivity contribution in [2.24, 2.45) is 0 Å². The molecule has 0 spiro atoms. The second-order valence-corrected chi connectivity index (χ2v) is 6.40. The Balaban J connectivity index is 1.78. The Labute approximate surface area is 131 Å². The number of fused-ring (bicyclic) bond motifs is 1. The van der Waals surface area contributed by atoms with Gasteiger partial charge in [0.1, 0.15) is 6.33 Å². The first-order valence-electron chi connectivity index (χ1n) is 6.77. The molecule has 0 amide bonds. The first kappa shape index (κ1) is 12.9. The van der Waals surface area contributed by atoms with E-state index in [-0.39, 0.29) is 12.1 Å². The Morgan fingerprint density at radius 1 is 1.24 bits per heavy atom.